The van der Waals surface area contributed by atoms with Crippen LogP contribution in [0.25, 0.3) is 0 Å². The van der Waals surface area contributed by atoms with Gasteiger partial charge in [0.15, 0.2) is 6.10 Å². The maximum Gasteiger partial charge on any atom is 0.266 e. The Morgan fingerprint density at radius 2 is 1.80 bits per heavy atom. The maximum atomic E-state index is 12.2. The highest BCUT2D eigenvalue weighted by atomic mass is 16.5. The molecule has 0 saturated heterocycles. The molecule has 1 aliphatic rings. The Balaban J connectivity index is 1.63. The molecular weight excluding hydrogens is 322 g/mol. The van der Waals surface area contributed by atoms with Crippen molar-refractivity contribution in [1.82, 2.24) is 0 Å². The molecule has 3 N–H and O–H groups in total. The molecule has 2 aromatic rings. The molecule has 2 aromatic carbocycles. The third-order valence-electron chi connectivity index (χ3n) is 3.54. The van der Waals surface area contributed by atoms with Gasteiger partial charge in [0, 0.05) is 18.3 Å². The molecule has 3 rings (SSSR count). The van der Waals surface area contributed by atoms with Gasteiger partial charge in [-0.3, -0.25) is 14.4 Å². The van der Waals surface area contributed by atoms with Crippen LogP contribution in [0.4, 0.5) is 17.1 Å². The number of fused-ring (bicyclic) bond motifs is 1. The number of amides is 3. The summed E-state index contributed by atoms with van der Waals surface area (Å²) in [6, 6.07) is 13.8. The van der Waals surface area contributed by atoms with E-state index >= 15 is 0 Å². The zero-order valence-electron chi connectivity index (χ0n) is 13.5. The molecule has 1 atom stereocenters. The van der Waals surface area contributed by atoms with Gasteiger partial charge in [0.05, 0.1) is 12.1 Å². The summed E-state index contributed by atoms with van der Waals surface area (Å²) in [6.07, 6.45) is -1.02. The molecule has 0 saturated carbocycles. The summed E-state index contributed by atoms with van der Waals surface area (Å²) < 4.78 is 5.60. The van der Waals surface area contributed by atoms with Crippen LogP contribution in [0.3, 0.4) is 0 Å². The summed E-state index contributed by atoms with van der Waals surface area (Å²) in [5.41, 5.74) is 1.69. The fourth-order valence-electron chi connectivity index (χ4n) is 2.49. The van der Waals surface area contributed by atoms with Crippen LogP contribution in [0.5, 0.6) is 5.75 Å². The van der Waals surface area contributed by atoms with Gasteiger partial charge in [0.1, 0.15) is 5.75 Å². The van der Waals surface area contributed by atoms with Crippen molar-refractivity contribution in [3.63, 3.8) is 0 Å². The Hall–Kier alpha value is -3.35. The van der Waals surface area contributed by atoms with Gasteiger partial charge in [-0.05, 0) is 30.3 Å². The predicted octanol–water partition coefficient (Wildman–Crippen LogP) is 2.37. The molecule has 0 fully saturated rings. The predicted molar refractivity (Wildman–Crippen MR) is 93.5 cm³/mol. The van der Waals surface area contributed by atoms with Gasteiger partial charge < -0.3 is 20.7 Å². The fourth-order valence-corrected chi connectivity index (χ4v) is 2.49. The summed E-state index contributed by atoms with van der Waals surface area (Å²) in [5, 5.41) is 8.05. The molecule has 25 heavy (non-hydrogen) atoms. The topological polar surface area (TPSA) is 96.5 Å². The molecular formula is C18H17N3O4. The summed E-state index contributed by atoms with van der Waals surface area (Å²) in [6.45, 7) is 1.40. The average Bonchev–Trinajstić information content (AvgIpc) is 2.55. The molecule has 0 aromatic heterocycles. The number of carbonyl (C=O) groups excluding carboxylic acids is 3. The number of carbonyl (C=O) groups is 3. The minimum atomic E-state index is -0.895. The minimum absolute atomic E-state index is 0.121. The van der Waals surface area contributed by atoms with E-state index in [1.807, 2.05) is 0 Å². The lowest BCUT2D eigenvalue weighted by molar-refractivity contribution is -0.128. The Morgan fingerprint density at radius 3 is 2.56 bits per heavy atom. The number of anilines is 3. The highest BCUT2D eigenvalue weighted by molar-refractivity contribution is 6.02. The first kappa shape index (κ1) is 16.5. The van der Waals surface area contributed by atoms with Crippen molar-refractivity contribution in [1.29, 1.82) is 0 Å². The van der Waals surface area contributed by atoms with E-state index < -0.39 is 6.10 Å². The first-order valence-corrected chi connectivity index (χ1v) is 7.75. The van der Waals surface area contributed by atoms with Crippen LogP contribution >= 0.6 is 0 Å². The van der Waals surface area contributed by atoms with Crippen molar-refractivity contribution in [2.75, 3.05) is 16.0 Å². The van der Waals surface area contributed by atoms with Gasteiger partial charge in [0.2, 0.25) is 11.8 Å². The highest BCUT2D eigenvalue weighted by Crippen LogP contribution is 2.29. The molecule has 7 nitrogen and oxygen atoms in total. The number of ether oxygens (including phenoxy) is 1. The van der Waals surface area contributed by atoms with Crippen molar-refractivity contribution in [3.8, 4) is 5.75 Å². The molecule has 0 radical (unpaired) electrons. The lowest BCUT2D eigenvalue weighted by Gasteiger charge is -2.25. The maximum absolute atomic E-state index is 12.2. The van der Waals surface area contributed by atoms with Crippen molar-refractivity contribution in [3.05, 3.63) is 48.5 Å². The van der Waals surface area contributed by atoms with Crippen LogP contribution < -0.4 is 20.7 Å². The second-order valence-electron chi connectivity index (χ2n) is 5.61. The van der Waals surface area contributed by atoms with Gasteiger partial charge in [-0.2, -0.15) is 0 Å². The van der Waals surface area contributed by atoms with Crippen LogP contribution in [0, 0.1) is 0 Å². The molecule has 0 aliphatic carbocycles. The second kappa shape index (κ2) is 7.04. The number of hydrogen-bond donors (Lipinski definition) is 3. The highest BCUT2D eigenvalue weighted by Gasteiger charge is 2.29. The summed E-state index contributed by atoms with van der Waals surface area (Å²) in [5.74, 6) is -0.387. The molecule has 1 heterocycles. The van der Waals surface area contributed by atoms with E-state index in [1.165, 1.54) is 6.92 Å². The van der Waals surface area contributed by atoms with Gasteiger partial charge in [-0.1, -0.05) is 18.2 Å². The van der Waals surface area contributed by atoms with E-state index in [2.05, 4.69) is 16.0 Å². The average molecular weight is 339 g/mol. The van der Waals surface area contributed by atoms with Gasteiger partial charge in [-0.15, -0.1) is 0 Å². The lowest BCUT2D eigenvalue weighted by atomic mass is 10.1. The zero-order valence-corrected chi connectivity index (χ0v) is 13.5. The Morgan fingerprint density at radius 1 is 1.08 bits per heavy atom. The first-order chi connectivity index (χ1) is 12.0. The van der Waals surface area contributed by atoms with Gasteiger partial charge in [0.25, 0.3) is 5.91 Å². The van der Waals surface area contributed by atoms with Crippen molar-refractivity contribution < 1.29 is 19.1 Å². The van der Waals surface area contributed by atoms with Crippen molar-refractivity contribution >= 4 is 34.8 Å². The largest absolute Gasteiger partial charge is 0.478 e. The van der Waals surface area contributed by atoms with Crippen LogP contribution in [0.15, 0.2) is 48.5 Å². The molecule has 7 heteroatoms. The number of nitrogens with one attached hydrogen (secondary N) is 3. The molecule has 1 aliphatic heterocycles. The van der Waals surface area contributed by atoms with E-state index in [4.69, 9.17) is 4.74 Å². The summed E-state index contributed by atoms with van der Waals surface area (Å²) in [4.78, 5) is 35.4. The second-order valence-corrected chi connectivity index (χ2v) is 5.61. The molecule has 0 spiro atoms. The monoisotopic (exact) mass is 339 g/mol. The Bertz CT molecular complexity index is 835. The Labute approximate surface area is 144 Å². The van der Waals surface area contributed by atoms with Crippen molar-refractivity contribution in [2.45, 2.75) is 19.4 Å². The van der Waals surface area contributed by atoms with Gasteiger partial charge >= 0.3 is 0 Å². The lowest BCUT2D eigenvalue weighted by Crippen LogP contribution is -2.39. The van der Waals surface area contributed by atoms with Crippen LogP contribution in [0.2, 0.25) is 0 Å². The number of para-hydroxylation sites is 2. The van der Waals surface area contributed by atoms with E-state index in [0.29, 0.717) is 22.8 Å². The van der Waals surface area contributed by atoms with Gasteiger partial charge in [-0.25, -0.2) is 0 Å². The standard InChI is InChI=1S/C18H17N3O4/c1-11(22)19-12-5-4-6-13(9-12)20-17(23)10-16-18(24)21-14-7-2-3-8-15(14)25-16/h2-9,16H,10H2,1H3,(H,19,22)(H,20,23)(H,21,24). The number of benzene rings is 2. The van der Waals surface area contributed by atoms with E-state index in [9.17, 15) is 14.4 Å². The summed E-state index contributed by atoms with van der Waals surface area (Å²) in [7, 11) is 0. The quantitative estimate of drug-likeness (QED) is 0.797. The smallest absolute Gasteiger partial charge is 0.266 e. The van der Waals surface area contributed by atoms with Crippen molar-refractivity contribution in [2.24, 2.45) is 0 Å². The molecule has 1 unspecified atom stereocenters. The van der Waals surface area contributed by atoms with Crippen LogP contribution in [-0.2, 0) is 14.4 Å². The molecule has 0 bridgehead atoms. The van der Waals surface area contributed by atoms with E-state index in [0.717, 1.165) is 0 Å². The molecule has 3 amide bonds. The molecule has 128 valence electrons. The normalized spacial score (nSPS) is 15.4. The summed E-state index contributed by atoms with van der Waals surface area (Å²) >= 11 is 0. The third kappa shape index (κ3) is 4.14. The van der Waals surface area contributed by atoms with E-state index in [-0.39, 0.29) is 24.1 Å². The minimum Gasteiger partial charge on any atom is -0.478 e. The zero-order chi connectivity index (χ0) is 17.8. The van der Waals surface area contributed by atoms with Crippen LogP contribution in [0.1, 0.15) is 13.3 Å². The first-order valence-electron chi connectivity index (χ1n) is 7.75. The number of rotatable bonds is 4. The SMILES string of the molecule is CC(=O)Nc1cccc(NC(=O)CC2Oc3ccccc3NC2=O)c1. The fraction of sp³-hybridized carbons (Fsp3) is 0.167. The van der Waals surface area contributed by atoms with Crippen LogP contribution in [-0.4, -0.2) is 23.8 Å². The Kier molecular flexibility index (Phi) is 4.65. The number of hydrogen-bond acceptors (Lipinski definition) is 4. The third-order valence-corrected chi connectivity index (χ3v) is 3.54. The van der Waals surface area contributed by atoms with E-state index in [1.54, 1.807) is 48.5 Å².